The molecule has 2 saturated heterocycles. The van der Waals surface area contributed by atoms with E-state index in [1.165, 1.54) is 37.9 Å². The predicted molar refractivity (Wildman–Crippen MR) is 78.7 cm³/mol. The molecule has 2 fully saturated rings. The Morgan fingerprint density at radius 1 is 1.22 bits per heavy atom. The maximum atomic E-state index is 3.83. The lowest BCUT2D eigenvalue weighted by Gasteiger charge is -2.25. The molecule has 98 valence electrons. The predicted octanol–water partition coefficient (Wildman–Crippen LogP) is 3.34. The lowest BCUT2D eigenvalue weighted by molar-refractivity contribution is 0.291. The minimum Gasteiger partial charge on any atom is -0.306 e. The molecule has 0 spiro atoms. The number of halogens is 1. The second-order valence-corrected chi connectivity index (χ2v) is 6.50. The molecule has 1 aromatic rings. The number of nitrogens with one attached hydrogen (secondary N) is 1. The smallest absolute Gasteiger partial charge is 0.0295 e. The summed E-state index contributed by atoms with van der Waals surface area (Å²) in [5.74, 6) is 0. The molecule has 0 radical (unpaired) electrons. The van der Waals surface area contributed by atoms with Gasteiger partial charge in [-0.15, -0.1) is 0 Å². The Bertz CT molecular complexity index is 403. The number of rotatable bonds is 3. The van der Waals surface area contributed by atoms with Crippen molar-refractivity contribution in [3.8, 4) is 0 Å². The molecule has 0 amide bonds. The third-order valence-corrected chi connectivity index (χ3v) is 4.97. The first-order chi connectivity index (χ1) is 8.74. The number of benzene rings is 1. The molecular formula is C15H21BrN2. The molecule has 2 heterocycles. The minimum absolute atomic E-state index is 0.448. The zero-order valence-electron chi connectivity index (χ0n) is 10.9. The van der Waals surface area contributed by atoms with Crippen LogP contribution in [-0.2, 0) is 0 Å². The minimum atomic E-state index is 0.448. The second kappa shape index (κ2) is 5.32. The van der Waals surface area contributed by atoms with Gasteiger partial charge in [-0.2, -0.15) is 0 Å². The highest BCUT2D eigenvalue weighted by molar-refractivity contribution is 9.10. The Hall–Kier alpha value is -0.380. The fraction of sp³-hybridized carbons (Fsp3) is 0.600. The Morgan fingerprint density at radius 2 is 2.00 bits per heavy atom. The Kier molecular flexibility index (Phi) is 3.73. The van der Waals surface area contributed by atoms with Gasteiger partial charge >= 0.3 is 0 Å². The Labute approximate surface area is 118 Å². The zero-order valence-corrected chi connectivity index (χ0v) is 12.5. The summed E-state index contributed by atoms with van der Waals surface area (Å²) in [6.07, 6.45) is 4.08. The van der Waals surface area contributed by atoms with Gasteiger partial charge in [0, 0.05) is 29.1 Å². The molecule has 0 aliphatic carbocycles. The van der Waals surface area contributed by atoms with Crippen molar-refractivity contribution in [3.05, 3.63) is 34.3 Å². The van der Waals surface area contributed by atoms with Gasteiger partial charge in [-0.1, -0.05) is 28.1 Å². The molecule has 2 unspecified atom stereocenters. The molecule has 2 nitrogen and oxygen atoms in total. The van der Waals surface area contributed by atoms with Crippen molar-refractivity contribution in [2.75, 3.05) is 13.1 Å². The van der Waals surface area contributed by atoms with Crippen LogP contribution >= 0.6 is 15.9 Å². The first-order valence-electron chi connectivity index (χ1n) is 6.99. The average Bonchev–Trinajstić information content (AvgIpc) is 2.95. The second-order valence-electron chi connectivity index (χ2n) is 5.58. The van der Waals surface area contributed by atoms with Crippen molar-refractivity contribution in [1.82, 2.24) is 10.2 Å². The van der Waals surface area contributed by atoms with E-state index < -0.39 is 0 Å². The van der Waals surface area contributed by atoms with Crippen LogP contribution in [0.3, 0.4) is 0 Å². The van der Waals surface area contributed by atoms with E-state index in [-0.39, 0.29) is 0 Å². The zero-order chi connectivity index (χ0) is 12.5. The topological polar surface area (TPSA) is 15.3 Å². The molecule has 0 bridgehead atoms. The molecule has 3 rings (SSSR count). The van der Waals surface area contributed by atoms with E-state index in [2.05, 4.69) is 57.3 Å². The Balaban J connectivity index is 1.64. The van der Waals surface area contributed by atoms with Gasteiger partial charge in [0.15, 0.2) is 0 Å². The monoisotopic (exact) mass is 308 g/mol. The molecule has 3 atom stereocenters. The van der Waals surface area contributed by atoms with E-state index >= 15 is 0 Å². The highest BCUT2D eigenvalue weighted by Gasteiger charge is 2.37. The molecule has 1 aromatic carbocycles. The first kappa shape index (κ1) is 12.6. The summed E-state index contributed by atoms with van der Waals surface area (Å²) in [5, 5.41) is 3.83. The lowest BCUT2D eigenvalue weighted by Crippen LogP contribution is -2.40. The van der Waals surface area contributed by atoms with Crippen molar-refractivity contribution in [2.24, 2.45) is 0 Å². The highest BCUT2D eigenvalue weighted by atomic mass is 79.9. The number of fused-ring (bicyclic) bond motifs is 1. The number of hydrogen-bond donors (Lipinski definition) is 1. The standard InChI is InChI=1S/C15H21BrN2/c1-11(12-4-6-13(16)7-5-12)17-14-8-10-18-9-2-3-15(14)18/h4-7,11,14-15,17H,2-3,8-10H2,1H3/t11-,14?,15?/m0/s1. The fourth-order valence-corrected chi connectivity index (χ4v) is 3.71. The van der Waals surface area contributed by atoms with Crippen LogP contribution in [-0.4, -0.2) is 30.1 Å². The van der Waals surface area contributed by atoms with Crippen molar-refractivity contribution >= 4 is 15.9 Å². The van der Waals surface area contributed by atoms with Gasteiger partial charge < -0.3 is 5.32 Å². The van der Waals surface area contributed by atoms with E-state index in [0.717, 1.165) is 10.5 Å². The quantitative estimate of drug-likeness (QED) is 0.921. The number of hydrogen-bond acceptors (Lipinski definition) is 2. The van der Waals surface area contributed by atoms with Crippen LogP contribution < -0.4 is 5.32 Å². The summed E-state index contributed by atoms with van der Waals surface area (Å²) in [6.45, 7) is 4.88. The van der Waals surface area contributed by atoms with Crippen LogP contribution in [0.5, 0.6) is 0 Å². The third-order valence-electron chi connectivity index (χ3n) is 4.44. The van der Waals surface area contributed by atoms with Crippen molar-refractivity contribution in [1.29, 1.82) is 0 Å². The largest absolute Gasteiger partial charge is 0.306 e. The summed E-state index contributed by atoms with van der Waals surface area (Å²) in [4.78, 5) is 2.66. The summed E-state index contributed by atoms with van der Waals surface area (Å²) in [5.41, 5.74) is 1.38. The summed E-state index contributed by atoms with van der Waals surface area (Å²) in [6, 6.07) is 10.6. The highest BCUT2D eigenvalue weighted by Crippen LogP contribution is 2.29. The molecule has 2 aliphatic rings. The van der Waals surface area contributed by atoms with Crippen LogP contribution in [0.15, 0.2) is 28.7 Å². The number of nitrogens with zero attached hydrogens (tertiary/aromatic N) is 1. The first-order valence-corrected chi connectivity index (χ1v) is 7.79. The van der Waals surface area contributed by atoms with Gasteiger partial charge in [0.1, 0.15) is 0 Å². The molecule has 18 heavy (non-hydrogen) atoms. The van der Waals surface area contributed by atoms with Crippen LogP contribution in [0.25, 0.3) is 0 Å². The lowest BCUT2D eigenvalue weighted by atomic mass is 10.0. The van der Waals surface area contributed by atoms with Gasteiger partial charge in [-0.05, 0) is 50.4 Å². The molecule has 3 heteroatoms. The van der Waals surface area contributed by atoms with Crippen LogP contribution in [0, 0.1) is 0 Å². The van der Waals surface area contributed by atoms with Crippen molar-refractivity contribution in [3.63, 3.8) is 0 Å². The Morgan fingerprint density at radius 3 is 2.78 bits per heavy atom. The van der Waals surface area contributed by atoms with E-state index in [0.29, 0.717) is 12.1 Å². The van der Waals surface area contributed by atoms with Gasteiger partial charge in [-0.3, -0.25) is 4.90 Å². The van der Waals surface area contributed by atoms with Gasteiger partial charge in [-0.25, -0.2) is 0 Å². The van der Waals surface area contributed by atoms with E-state index in [1.807, 2.05) is 0 Å². The summed E-state index contributed by atoms with van der Waals surface area (Å²) < 4.78 is 1.15. The SMILES string of the molecule is C[C@H](NC1CCN2CCCC12)c1ccc(Br)cc1. The third kappa shape index (κ3) is 2.49. The molecule has 0 aromatic heterocycles. The molecule has 0 saturated carbocycles. The van der Waals surface area contributed by atoms with Gasteiger partial charge in [0.25, 0.3) is 0 Å². The van der Waals surface area contributed by atoms with Crippen LogP contribution in [0.1, 0.15) is 37.8 Å². The van der Waals surface area contributed by atoms with Crippen molar-refractivity contribution < 1.29 is 0 Å². The maximum absolute atomic E-state index is 3.83. The molecular weight excluding hydrogens is 288 g/mol. The van der Waals surface area contributed by atoms with E-state index in [9.17, 15) is 0 Å². The van der Waals surface area contributed by atoms with Gasteiger partial charge in [0.2, 0.25) is 0 Å². The normalized spacial score (nSPS) is 29.4. The van der Waals surface area contributed by atoms with E-state index in [1.54, 1.807) is 0 Å². The fourth-order valence-electron chi connectivity index (χ4n) is 3.45. The van der Waals surface area contributed by atoms with Crippen molar-refractivity contribution in [2.45, 2.75) is 44.3 Å². The summed E-state index contributed by atoms with van der Waals surface area (Å²) >= 11 is 3.49. The maximum Gasteiger partial charge on any atom is 0.0295 e. The average molecular weight is 309 g/mol. The van der Waals surface area contributed by atoms with Gasteiger partial charge in [0.05, 0.1) is 0 Å². The van der Waals surface area contributed by atoms with Crippen LogP contribution in [0.2, 0.25) is 0 Å². The van der Waals surface area contributed by atoms with E-state index in [4.69, 9.17) is 0 Å². The van der Waals surface area contributed by atoms with Crippen LogP contribution in [0.4, 0.5) is 0 Å². The summed E-state index contributed by atoms with van der Waals surface area (Å²) in [7, 11) is 0. The molecule has 1 N–H and O–H groups in total. The molecule has 2 aliphatic heterocycles.